The van der Waals surface area contributed by atoms with Crippen LogP contribution in [-0.2, 0) is 11.8 Å². The minimum Gasteiger partial charge on any atom is -0.444 e. The Bertz CT molecular complexity index is 574. The monoisotopic (exact) mass is 321 g/mol. The smallest absolute Gasteiger partial charge is 0.407 e. The lowest BCUT2D eigenvalue weighted by Crippen LogP contribution is -2.49. The number of piperidine rings is 1. The molecule has 128 valence electrons. The van der Waals surface area contributed by atoms with E-state index in [2.05, 4.69) is 20.2 Å². The van der Waals surface area contributed by atoms with Gasteiger partial charge >= 0.3 is 6.09 Å². The largest absolute Gasteiger partial charge is 0.444 e. The van der Waals surface area contributed by atoms with Crippen LogP contribution in [0.4, 0.5) is 16.3 Å². The lowest BCUT2D eigenvalue weighted by Gasteiger charge is -2.35. The molecule has 0 saturated carbocycles. The zero-order valence-corrected chi connectivity index (χ0v) is 14.5. The summed E-state index contributed by atoms with van der Waals surface area (Å²) in [7, 11) is 1.98. The van der Waals surface area contributed by atoms with E-state index in [-0.39, 0.29) is 12.1 Å². The summed E-state index contributed by atoms with van der Waals surface area (Å²) in [4.78, 5) is 16.6. The Hall–Kier alpha value is -1.92. The first kappa shape index (κ1) is 16.0. The second-order valence-corrected chi connectivity index (χ2v) is 7.40. The first-order valence-electron chi connectivity index (χ1n) is 8.35. The molecule has 0 spiro atoms. The van der Waals surface area contributed by atoms with Crippen LogP contribution in [0.15, 0.2) is 6.20 Å². The number of alkyl carbamates (subject to hydrolysis) is 1. The van der Waals surface area contributed by atoms with Crippen LogP contribution in [0, 0.1) is 0 Å². The van der Waals surface area contributed by atoms with E-state index in [0.717, 1.165) is 44.8 Å². The molecular weight excluding hydrogens is 294 g/mol. The molecule has 1 amide bonds. The molecule has 1 N–H and O–H groups in total. The third-order valence-electron chi connectivity index (χ3n) is 4.12. The topological polar surface area (TPSA) is 62.4 Å². The van der Waals surface area contributed by atoms with E-state index in [9.17, 15) is 4.79 Å². The van der Waals surface area contributed by atoms with Crippen molar-refractivity contribution in [2.75, 3.05) is 36.0 Å². The van der Waals surface area contributed by atoms with Crippen LogP contribution in [0.3, 0.4) is 0 Å². The predicted octanol–water partition coefficient (Wildman–Crippen LogP) is 1.73. The normalized spacial score (nSPS) is 21.3. The van der Waals surface area contributed by atoms with E-state index in [1.807, 2.05) is 38.7 Å². The highest BCUT2D eigenvalue weighted by atomic mass is 16.6. The number of aryl methyl sites for hydroxylation is 1. The third-order valence-corrected chi connectivity index (χ3v) is 4.12. The lowest BCUT2D eigenvalue weighted by molar-refractivity contribution is 0.0500. The summed E-state index contributed by atoms with van der Waals surface area (Å²) in [5.74, 6) is 1.15. The van der Waals surface area contributed by atoms with Crippen molar-refractivity contribution < 1.29 is 9.53 Å². The molecule has 2 aliphatic rings. The van der Waals surface area contributed by atoms with Gasteiger partial charge in [-0.2, -0.15) is 5.10 Å². The third kappa shape index (κ3) is 3.89. The predicted molar refractivity (Wildman–Crippen MR) is 90.0 cm³/mol. The van der Waals surface area contributed by atoms with Crippen molar-refractivity contribution >= 4 is 17.6 Å². The van der Waals surface area contributed by atoms with Gasteiger partial charge in [-0.3, -0.25) is 4.68 Å². The first-order valence-corrected chi connectivity index (χ1v) is 8.35. The van der Waals surface area contributed by atoms with Gasteiger partial charge < -0.3 is 19.9 Å². The molecular formula is C16H27N5O2. The summed E-state index contributed by atoms with van der Waals surface area (Å²) in [6.45, 7) is 9.63. The van der Waals surface area contributed by atoms with Gasteiger partial charge in [0.15, 0.2) is 5.82 Å². The Balaban J connectivity index is 1.65. The Morgan fingerprint density at radius 1 is 1.30 bits per heavy atom. The van der Waals surface area contributed by atoms with Gasteiger partial charge in [0.2, 0.25) is 0 Å². The van der Waals surface area contributed by atoms with Gasteiger partial charge in [0.25, 0.3) is 0 Å². The Kier molecular flexibility index (Phi) is 4.12. The van der Waals surface area contributed by atoms with E-state index < -0.39 is 5.60 Å². The van der Waals surface area contributed by atoms with Crippen molar-refractivity contribution in [1.29, 1.82) is 0 Å². The Morgan fingerprint density at radius 3 is 2.70 bits per heavy atom. The number of nitrogens with one attached hydrogen (secondary N) is 1. The molecule has 1 aromatic rings. The molecule has 0 bridgehead atoms. The molecule has 23 heavy (non-hydrogen) atoms. The summed E-state index contributed by atoms with van der Waals surface area (Å²) in [5, 5.41) is 7.41. The van der Waals surface area contributed by atoms with Crippen LogP contribution in [0.25, 0.3) is 0 Å². The minimum absolute atomic E-state index is 0.107. The number of anilines is 2. The Morgan fingerprint density at radius 2 is 2.04 bits per heavy atom. The number of aromatic nitrogens is 2. The van der Waals surface area contributed by atoms with E-state index in [0.29, 0.717) is 0 Å². The number of carbonyl (C=O) groups is 1. The van der Waals surface area contributed by atoms with Crippen molar-refractivity contribution in [2.24, 2.45) is 7.05 Å². The maximum Gasteiger partial charge on any atom is 0.407 e. The van der Waals surface area contributed by atoms with Crippen molar-refractivity contribution in [2.45, 2.75) is 45.3 Å². The van der Waals surface area contributed by atoms with Gasteiger partial charge in [0.05, 0.1) is 6.20 Å². The zero-order valence-electron chi connectivity index (χ0n) is 14.5. The maximum atomic E-state index is 12.0. The van der Waals surface area contributed by atoms with Crippen molar-refractivity contribution in [3.8, 4) is 0 Å². The van der Waals surface area contributed by atoms with Gasteiger partial charge in [-0.15, -0.1) is 0 Å². The summed E-state index contributed by atoms with van der Waals surface area (Å²) >= 11 is 0. The quantitative estimate of drug-likeness (QED) is 0.859. The van der Waals surface area contributed by atoms with Gasteiger partial charge in [-0.25, -0.2) is 4.79 Å². The van der Waals surface area contributed by atoms with E-state index in [4.69, 9.17) is 4.74 Å². The second kappa shape index (κ2) is 5.94. The van der Waals surface area contributed by atoms with Crippen molar-refractivity contribution in [3.05, 3.63) is 6.20 Å². The molecule has 2 aliphatic heterocycles. The molecule has 0 unspecified atom stereocenters. The molecule has 3 heterocycles. The van der Waals surface area contributed by atoms with Gasteiger partial charge in [0, 0.05) is 39.3 Å². The number of hydrogen-bond donors (Lipinski definition) is 1. The molecule has 7 nitrogen and oxygen atoms in total. The van der Waals surface area contributed by atoms with Crippen LogP contribution < -0.4 is 15.1 Å². The standard InChI is InChI=1S/C16H27N5O2/c1-16(2,3)23-15(22)18-12-6-5-7-21(11-12)14-13(20-8-9-20)10-17-19(14)4/h10,12H,5-9,11H2,1-4H3,(H,18,22)/t12-/m0/s1. The number of ether oxygens (including phenoxy) is 1. The van der Waals surface area contributed by atoms with Crippen LogP contribution in [0.2, 0.25) is 0 Å². The number of carbonyl (C=O) groups excluding carboxylic acids is 1. The highest BCUT2D eigenvalue weighted by Gasteiger charge is 2.30. The van der Waals surface area contributed by atoms with E-state index in [1.54, 1.807) is 0 Å². The average Bonchev–Trinajstić information content (AvgIpc) is 3.20. The van der Waals surface area contributed by atoms with Crippen molar-refractivity contribution in [1.82, 2.24) is 15.1 Å². The molecule has 2 fully saturated rings. The zero-order chi connectivity index (χ0) is 16.6. The molecule has 3 rings (SSSR count). The molecule has 7 heteroatoms. The van der Waals surface area contributed by atoms with Gasteiger partial charge in [0.1, 0.15) is 11.3 Å². The maximum absolute atomic E-state index is 12.0. The summed E-state index contributed by atoms with van der Waals surface area (Å²) < 4.78 is 7.30. The SMILES string of the molecule is Cn1ncc(N2CC2)c1N1CCC[C@H](NC(=O)OC(C)(C)C)C1. The van der Waals surface area contributed by atoms with Crippen LogP contribution in [0.5, 0.6) is 0 Å². The molecule has 2 saturated heterocycles. The molecule has 1 aromatic heterocycles. The molecule has 1 atom stereocenters. The highest BCUT2D eigenvalue weighted by molar-refractivity contribution is 5.71. The van der Waals surface area contributed by atoms with Gasteiger partial charge in [-0.1, -0.05) is 0 Å². The van der Waals surface area contributed by atoms with Crippen LogP contribution in [-0.4, -0.2) is 53.7 Å². The second-order valence-electron chi connectivity index (χ2n) is 7.40. The van der Waals surface area contributed by atoms with Gasteiger partial charge in [-0.05, 0) is 33.6 Å². The number of rotatable bonds is 3. The fourth-order valence-electron chi connectivity index (χ4n) is 3.06. The highest BCUT2D eigenvalue weighted by Crippen LogP contribution is 2.33. The average molecular weight is 321 g/mol. The number of hydrogen-bond acceptors (Lipinski definition) is 5. The lowest BCUT2D eigenvalue weighted by atomic mass is 10.1. The number of amides is 1. The van der Waals surface area contributed by atoms with Crippen LogP contribution >= 0.6 is 0 Å². The molecule has 0 aliphatic carbocycles. The van der Waals surface area contributed by atoms with Crippen LogP contribution in [0.1, 0.15) is 33.6 Å². The fraction of sp³-hybridized carbons (Fsp3) is 0.750. The summed E-state index contributed by atoms with van der Waals surface area (Å²) in [6, 6.07) is 0.107. The summed E-state index contributed by atoms with van der Waals surface area (Å²) in [5.41, 5.74) is 0.734. The van der Waals surface area contributed by atoms with Crippen molar-refractivity contribution in [3.63, 3.8) is 0 Å². The number of nitrogens with zero attached hydrogens (tertiary/aromatic N) is 4. The summed E-state index contributed by atoms with van der Waals surface area (Å²) in [6.07, 6.45) is 3.63. The van der Waals surface area contributed by atoms with E-state index in [1.165, 1.54) is 5.69 Å². The minimum atomic E-state index is -0.465. The first-order chi connectivity index (χ1) is 10.8. The van der Waals surface area contributed by atoms with E-state index >= 15 is 0 Å². The fourth-order valence-corrected chi connectivity index (χ4v) is 3.06. The Labute approximate surface area is 137 Å². The molecule has 0 radical (unpaired) electrons. The molecule has 0 aromatic carbocycles.